The lowest BCUT2D eigenvalue weighted by atomic mass is 10.2. The van der Waals surface area contributed by atoms with Gasteiger partial charge in [0.05, 0.1) is 19.1 Å². The third kappa shape index (κ3) is 5.20. The Labute approximate surface area is 142 Å². The van der Waals surface area contributed by atoms with Gasteiger partial charge in [-0.05, 0) is 26.8 Å². The Kier molecular flexibility index (Phi) is 7.22. The summed E-state index contributed by atoms with van der Waals surface area (Å²) in [6.45, 7) is 10.4. The van der Waals surface area contributed by atoms with Gasteiger partial charge in [-0.1, -0.05) is 0 Å². The first kappa shape index (κ1) is 17.7. The molecule has 0 bridgehead atoms. The molecule has 1 aromatic heterocycles. The second kappa shape index (κ2) is 8.17. The van der Waals surface area contributed by atoms with Crippen molar-refractivity contribution < 1.29 is 4.42 Å². The molecule has 0 amide bonds. The first-order valence-electron chi connectivity index (χ1n) is 6.79. The van der Waals surface area contributed by atoms with Crippen LogP contribution in [0, 0.1) is 0 Å². The van der Waals surface area contributed by atoms with Crippen molar-refractivity contribution in [2.75, 3.05) is 25.4 Å². The number of rotatable bonds is 3. The molecule has 4 nitrogen and oxygen atoms in total. The fourth-order valence-corrected chi connectivity index (χ4v) is 3.28. The average Bonchev–Trinajstić information content (AvgIpc) is 2.86. The number of hydrogen-bond acceptors (Lipinski definition) is 3. The lowest BCUT2D eigenvalue weighted by molar-refractivity contribution is 0.376. The van der Waals surface area contributed by atoms with Crippen LogP contribution < -0.4 is 5.32 Å². The molecule has 6 heteroatoms. The van der Waals surface area contributed by atoms with E-state index in [0.717, 1.165) is 36.9 Å². The quantitative estimate of drug-likeness (QED) is 0.473. The maximum Gasteiger partial charge on any atom is 0.194 e. The molecule has 0 atom stereocenters. The highest BCUT2D eigenvalue weighted by molar-refractivity contribution is 14.0. The van der Waals surface area contributed by atoms with Crippen LogP contribution in [0.5, 0.6) is 0 Å². The number of nitrogens with one attached hydrogen (secondary N) is 1. The monoisotopic (exact) mass is 409 g/mol. The van der Waals surface area contributed by atoms with Crippen LogP contribution in [0.15, 0.2) is 28.0 Å². The topological polar surface area (TPSA) is 40.8 Å². The summed E-state index contributed by atoms with van der Waals surface area (Å²) in [5, 5.41) is 3.39. The molecular weight excluding hydrogens is 385 g/mol. The molecule has 0 aromatic carbocycles. The van der Waals surface area contributed by atoms with E-state index in [1.165, 1.54) is 0 Å². The molecule has 114 valence electrons. The summed E-state index contributed by atoms with van der Waals surface area (Å²) in [5.74, 6) is 2.17. The number of nitrogens with zero attached hydrogens (tertiary/aromatic N) is 2. The predicted molar refractivity (Wildman–Crippen MR) is 97.0 cm³/mol. The summed E-state index contributed by atoms with van der Waals surface area (Å²) in [4.78, 5) is 7.07. The van der Waals surface area contributed by atoms with E-state index in [9.17, 15) is 0 Å². The van der Waals surface area contributed by atoms with Crippen molar-refractivity contribution in [1.82, 2.24) is 10.2 Å². The van der Waals surface area contributed by atoms with Crippen LogP contribution in [-0.4, -0.2) is 41.0 Å². The molecule has 1 aliphatic heterocycles. The normalized spacial score (nSPS) is 18.6. The molecule has 1 N–H and O–H groups in total. The van der Waals surface area contributed by atoms with Crippen LogP contribution in [-0.2, 0) is 6.54 Å². The van der Waals surface area contributed by atoms with E-state index < -0.39 is 0 Å². The summed E-state index contributed by atoms with van der Waals surface area (Å²) in [6, 6.07) is 1.96. The Balaban J connectivity index is 0.00000200. The van der Waals surface area contributed by atoms with E-state index in [1.807, 2.05) is 17.8 Å². The maximum atomic E-state index is 5.08. The first-order valence-corrected chi connectivity index (χ1v) is 7.77. The molecule has 0 aliphatic carbocycles. The van der Waals surface area contributed by atoms with Gasteiger partial charge in [0.2, 0.25) is 0 Å². The van der Waals surface area contributed by atoms with Crippen molar-refractivity contribution >= 4 is 41.7 Å². The van der Waals surface area contributed by atoms with Crippen LogP contribution in [0.3, 0.4) is 0 Å². The number of aliphatic imine (C=N–C) groups is 1. The smallest absolute Gasteiger partial charge is 0.194 e. The van der Waals surface area contributed by atoms with Gasteiger partial charge in [-0.25, -0.2) is 4.99 Å². The minimum Gasteiger partial charge on any atom is -0.472 e. The van der Waals surface area contributed by atoms with E-state index >= 15 is 0 Å². The fourth-order valence-electron chi connectivity index (χ4n) is 2.17. The molecule has 1 aliphatic rings. The van der Waals surface area contributed by atoms with Gasteiger partial charge < -0.3 is 14.6 Å². The largest absolute Gasteiger partial charge is 0.472 e. The van der Waals surface area contributed by atoms with E-state index in [1.54, 1.807) is 12.5 Å². The van der Waals surface area contributed by atoms with Gasteiger partial charge in [-0.2, -0.15) is 11.8 Å². The van der Waals surface area contributed by atoms with Crippen molar-refractivity contribution in [2.24, 2.45) is 4.99 Å². The summed E-state index contributed by atoms with van der Waals surface area (Å²) in [6.07, 6.45) is 3.45. The molecule has 0 spiro atoms. The van der Waals surface area contributed by atoms with E-state index in [4.69, 9.17) is 9.41 Å². The van der Waals surface area contributed by atoms with Crippen LogP contribution in [0.2, 0.25) is 0 Å². The molecule has 2 heterocycles. The summed E-state index contributed by atoms with van der Waals surface area (Å²) >= 11 is 2.04. The molecule has 0 saturated carbocycles. The summed E-state index contributed by atoms with van der Waals surface area (Å²) < 4.78 is 5.37. The molecule has 0 radical (unpaired) electrons. The second-order valence-electron chi connectivity index (χ2n) is 5.33. The third-order valence-electron chi connectivity index (χ3n) is 3.05. The van der Waals surface area contributed by atoms with Crippen LogP contribution >= 0.6 is 35.7 Å². The molecule has 1 fully saturated rings. The van der Waals surface area contributed by atoms with Crippen LogP contribution in [0.1, 0.15) is 26.3 Å². The Morgan fingerprint density at radius 1 is 1.55 bits per heavy atom. The highest BCUT2D eigenvalue weighted by Gasteiger charge is 2.28. The van der Waals surface area contributed by atoms with E-state index in [2.05, 4.69) is 31.0 Å². The molecule has 2 rings (SSSR count). The number of guanidine groups is 1. The Morgan fingerprint density at radius 3 is 2.95 bits per heavy atom. The SMILES string of the molecule is CCNC(=NCc1ccoc1)N1CCSC(C)(C)C1.I. The van der Waals surface area contributed by atoms with Crippen molar-refractivity contribution in [3.63, 3.8) is 0 Å². The molecule has 0 unspecified atom stereocenters. The highest BCUT2D eigenvalue weighted by atomic mass is 127. The predicted octanol–water partition coefficient (Wildman–Crippen LogP) is 3.19. The van der Waals surface area contributed by atoms with Crippen molar-refractivity contribution in [1.29, 1.82) is 0 Å². The van der Waals surface area contributed by atoms with Gasteiger partial charge >= 0.3 is 0 Å². The Morgan fingerprint density at radius 2 is 2.35 bits per heavy atom. The number of hydrogen-bond donors (Lipinski definition) is 1. The Hall–Kier alpha value is -0.370. The number of halogens is 1. The average molecular weight is 409 g/mol. The van der Waals surface area contributed by atoms with Crippen molar-refractivity contribution in [3.8, 4) is 0 Å². The zero-order valence-corrected chi connectivity index (χ0v) is 15.5. The van der Waals surface area contributed by atoms with Gasteiger partial charge in [-0.15, -0.1) is 24.0 Å². The molecular formula is C14H24IN3OS. The van der Waals surface area contributed by atoms with Crippen molar-refractivity contribution in [3.05, 3.63) is 24.2 Å². The van der Waals surface area contributed by atoms with Crippen LogP contribution in [0.25, 0.3) is 0 Å². The number of furan rings is 1. The van der Waals surface area contributed by atoms with Gasteiger partial charge in [0.25, 0.3) is 0 Å². The number of thioether (sulfide) groups is 1. The third-order valence-corrected chi connectivity index (χ3v) is 4.35. The lowest BCUT2D eigenvalue weighted by Gasteiger charge is -2.39. The minimum atomic E-state index is 0. The van der Waals surface area contributed by atoms with Gasteiger partial charge in [-0.3, -0.25) is 0 Å². The minimum absolute atomic E-state index is 0. The summed E-state index contributed by atoms with van der Waals surface area (Å²) in [7, 11) is 0. The molecule has 1 saturated heterocycles. The zero-order valence-electron chi connectivity index (χ0n) is 12.4. The summed E-state index contributed by atoms with van der Waals surface area (Å²) in [5.41, 5.74) is 1.11. The highest BCUT2D eigenvalue weighted by Crippen LogP contribution is 2.29. The molecule has 1 aromatic rings. The fraction of sp³-hybridized carbons (Fsp3) is 0.643. The van der Waals surface area contributed by atoms with Crippen LogP contribution in [0.4, 0.5) is 0 Å². The standard InChI is InChI=1S/C14H23N3OS.HI/c1-4-15-13(16-9-12-5-7-18-10-12)17-6-8-19-14(2,3)11-17;/h5,7,10H,4,6,8-9,11H2,1-3H3,(H,15,16);1H. The first-order chi connectivity index (χ1) is 9.11. The zero-order chi connectivity index (χ0) is 13.7. The second-order valence-corrected chi connectivity index (χ2v) is 7.13. The lowest BCUT2D eigenvalue weighted by Crippen LogP contribution is -2.50. The van der Waals surface area contributed by atoms with E-state index in [-0.39, 0.29) is 24.0 Å². The van der Waals surface area contributed by atoms with Gasteiger partial charge in [0.15, 0.2) is 5.96 Å². The maximum absolute atomic E-state index is 5.08. The molecule has 20 heavy (non-hydrogen) atoms. The van der Waals surface area contributed by atoms with E-state index in [0.29, 0.717) is 11.3 Å². The van der Waals surface area contributed by atoms with Gasteiger partial charge in [0, 0.05) is 35.7 Å². The Bertz CT molecular complexity index is 420. The van der Waals surface area contributed by atoms with Gasteiger partial charge in [0.1, 0.15) is 0 Å². The van der Waals surface area contributed by atoms with Crippen molar-refractivity contribution in [2.45, 2.75) is 32.1 Å².